The lowest BCUT2D eigenvalue weighted by molar-refractivity contribution is -0.921. The van der Waals surface area contributed by atoms with Gasteiger partial charge in [-0.05, 0) is 11.1 Å². The first kappa shape index (κ1) is 20.0. The maximum atomic E-state index is 13.3. The summed E-state index contributed by atoms with van der Waals surface area (Å²) in [7, 11) is 2.21. The second-order valence-electron chi connectivity index (χ2n) is 8.86. The molecule has 0 bridgehead atoms. The van der Waals surface area contributed by atoms with Crippen molar-refractivity contribution in [3.05, 3.63) is 77.7 Å². The van der Waals surface area contributed by atoms with Gasteiger partial charge in [0, 0.05) is 36.5 Å². The van der Waals surface area contributed by atoms with E-state index in [1.165, 1.54) is 0 Å². The number of carbonyl (C=O) groups is 1. The Bertz CT molecular complexity index is 1050. The summed E-state index contributed by atoms with van der Waals surface area (Å²) >= 11 is 0. The van der Waals surface area contributed by atoms with Crippen LogP contribution in [0.3, 0.4) is 0 Å². The highest BCUT2D eigenvalue weighted by atomic mass is 16.6. The number of rotatable bonds is 6. The second-order valence-corrected chi connectivity index (χ2v) is 8.86. The minimum atomic E-state index is -1.77. The van der Waals surface area contributed by atoms with Crippen LogP contribution < -0.4 is 0 Å². The molecule has 2 aliphatic rings. The minimum Gasteiger partial charge on any atom is -0.457 e. The summed E-state index contributed by atoms with van der Waals surface area (Å²) in [6.45, 7) is 2.24. The van der Waals surface area contributed by atoms with Gasteiger partial charge in [0.2, 0.25) is 5.60 Å². The Kier molecular flexibility index (Phi) is 4.91. The average Bonchev–Trinajstić information content (AvgIpc) is 3.50. The fourth-order valence-electron chi connectivity index (χ4n) is 5.18. The first-order valence-electron chi connectivity index (χ1n) is 10.8. The molecule has 1 fully saturated rings. The van der Waals surface area contributed by atoms with Crippen LogP contribution in [0.25, 0.3) is 11.1 Å². The SMILES string of the molecule is C[N+]1(CCc2ccon2)CCC[C@@H]1COC(=O)C1(O)c2ccccc2-c2ccccc21. The van der Waals surface area contributed by atoms with Crippen LogP contribution in [0.4, 0.5) is 0 Å². The van der Waals surface area contributed by atoms with Gasteiger partial charge in [-0.15, -0.1) is 0 Å². The molecule has 1 saturated heterocycles. The predicted molar refractivity (Wildman–Crippen MR) is 115 cm³/mol. The van der Waals surface area contributed by atoms with E-state index < -0.39 is 11.6 Å². The number of benzene rings is 2. The average molecular weight is 420 g/mol. The summed E-state index contributed by atoms with van der Waals surface area (Å²) in [6.07, 6.45) is 4.50. The van der Waals surface area contributed by atoms with Crippen LogP contribution in [0.1, 0.15) is 29.7 Å². The predicted octanol–water partition coefficient (Wildman–Crippen LogP) is 3.29. The summed E-state index contributed by atoms with van der Waals surface area (Å²) in [5, 5.41) is 15.6. The Hall–Kier alpha value is -2.96. The van der Waals surface area contributed by atoms with Crippen LogP contribution in [-0.4, -0.2) is 53.5 Å². The summed E-state index contributed by atoms with van der Waals surface area (Å²) in [5.74, 6) is -0.597. The third kappa shape index (κ3) is 3.27. The van der Waals surface area contributed by atoms with Gasteiger partial charge in [-0.3, -0.25) is 0 Å². The zero-order valence-electron chi connectivity index (χ0n) is 17.7. The first-order valence-corrected chi connectivity index (χ1v) is 10.8. The maximum absolute atomic E-state index is 13.3. The molecule has 0 spiro atoms. The number of hydrogen-bond donors (Lipinski definition) is 1. The van der Waals surface area contributed by atoms with Gasteiger partial charge in [0.05, 0.1) is 25.8 Å². The van der Waals surface area contributed by atoms with E-state index in [1.807, 2.05) is 54.6 Å². The van der Waals surface area contributed by atoms with E-state index in [0.717, 1.165) is 53.7 Å². The van der Waals surface area contributed by atoms with E-state index in [-0.39, 0.29) is 6.04 Å². The van der Waals surface area contributed by atoms with E-state index >= 15 is 0 Å². The number of quaternary nitrogens is 1. The van der Waals surface area contributed by atoms with Gasteiger partial charge < -0.3 is 18.8 Å². The molecule has 2 heterocycles. The highest BCUT2D eigenvalue weighted by Crippen LogP contribution is 2.48. The fourth-order valence-corrected chi connectivity index (χ4v) is 5.18. The number of esters is 1. The molecule has 1 aliphatic carbocycles. The van der Waals surface area contributed by atoms with Gasteiger partial charge in [-0.2, -0.15) is 0 Å². The number of likely N-dealkylation sites (N-methyl/N-ethyl adjacent to an activating group) is 1. The standard InChI is InChI=1S/C25H27N2O4/c1-27(15-12-18-13-16-31-26-18)14-6-7-19(27)17-30-24(28)25(29)22-10-4-2-8-20(22)21-9-3-5-11-23(21)25/h2-5,8-11,13,16,19,29H,6-7,12,14-15,17H2,1H3/q+1/t19-,27?/m1/s1. The van der Waals surface area contributed by atoms with Crippen LogP contribution in [-0.2, 0) is 21.6 Å². The van der Waals surface area contributed by atoms with Gasteiger partial charge in [-0.25, -0.2) is 4.79 Å². The normalized spacial score (nSPS) is 23.4. The number of carbonyl (C=O) groups excluding carboxylic acids is 1. The van der Waals surface area contributed by atoms with Crippen molar-refractivity contribution in [3.8, 4) is 11.1 Å². The summed E-state index contributed by atoms with van der Waals surface area (Å²) in [4.78, 5) is 13.3. The molecule has 1 N–H and O–H groups in total. The zero-order chi connectivity index (χ0) is 21.5. The van der Waals surface area contributed by atoms with Crippen molar-refractivity contribution in [2.75, 3.05) is 26.7 Å². The first-order chi connectivity index (χ1) is 15.0. The third-order valence-corrected chi connectivity index (χ3v) is 7.08. The molecular weight excluding hydrogens is 392 g/mol. The third-order valence-electron chi connectivity index (χ3n) is 7.08. The fraction of sp³-hybridized carbons (Fsp3) is 0.360. The van der Waals surface area contributed by atoms with Crippen molar-refractivity contribution in [2.24, 2.45) is 0 Å². The lowest BCUT2D eigenvalue weighted by Crippen LogP contribution is -2.52. The highest BCUT2D eigenvalue weighted by molar-refractivity contribution is 5.96. The quantitative estimate of drug-likeness (QED) is 0.490. The number of aliphatic hydroxyl groups is 1. The van der Waals surface area contributed by atoms with Crippen LogP contribution in [0.5, 0.6) is 0 Å². The van der Waals surface area contributed by atoms with Gasteiger partial charge >= 0.3 is 5.97 Å². The van der Waals surface area contributed by atoms with Crippen LogP contribution >= 0.6 is 0 Å². The summed E-state index contributed by atoms with van der Waals surface area (Å²) < 4.78 is 11.6. The van der Waals surface area contributed by atoms with Crippen molar-refractivity contribution in [3.63, 3.8) is 0 Å². The topological polar surface area (TPSA) is 72.6 Å². The highest BCUT2D eigenvalue weighted by Gasteiger charge is 2.50. The molecule has 0 radical (unpaired) electrons. The van der Waals surface area contributed by atoms with Crippen LogP contribution in [0.15, 0.2) is 65.4 Å². The van der Waals surface area contributed by atoms with Crippen molar-refractivity contribution < 1.29 is 23.6 Å². The van der Waals surface area contributed by atoms with Gasteiger partial charge in [-0.1, -0.05) is 53.7 Å². The lowest BCUT2D eigenvalue weighted by atomic mass is 9.91. The summed E-state index contributed by atoms with van der Waals surface area (Å²) in [6, 6.07) is 17.1. The zero-order valence-corrected chi connectivity index (χ0v) is 17.7. The van der Waals surface area contributed by atoms with Crippen LogP contribution in [0.2, 0.25) is 0 Å². The molecule has 6 nitrogen and oxygen atoms in total. The molecule has 3 aromatic rings. The molecule has 0 amide bonds. The number of nitrogens with zero attached hydrogens (tertiary/aromatic N) is 2. The van der Waals surface area contributed by atoms with Crippen LogP contribution in [0, 0.1) is 0 Å². The van der Waals surface area contributed by atoms with Crippen molar-refractivity contribution >= 4 is 5.97 Å². The second kappa shape index (κ2) is 7.62. The lowest BCUT2D eigenvalue weighted by Gasteiger charge is -2.36. The molecule has 6 heteroatoms. The number of likely N-dealkylation sites (tertiary alicyclic amines) is 1. The molecular formula is C25H27N2O4+. The molecule has 160 valence electrons. The smallest absolute Gasteiger partial charge is 0.347 e. The molecule has 2 atom stereocenters. The van der Waals surface area contributed by atoms with E-state index in [2.05, 4.69) is 12.2 Å². The molecule has 31 heavy (non-hydrogen) atoms. The van der Waals surface area contributed by atoms with E-state index in [1.54, 1.807) is 6.26 Å². The van der Waals surface area contributed by atoms with Gasteiger partial charge in [0.1, 0.15) is 18.9 Å². The Morgan fingerprint density at radius 3 is 2.48 bits per heavy atom. The summed E-state index contributed by atoms with van der Waals surface area (Å²) in [5.41, 5.74) is 2.12. The number of ether oxygens (including phenoxy) is 1. The Morgan fingerprint density at radius 1 is 1.16 bits per heavy atom. The number of fused-ring (bicyclic) bond motifs is 3. The monoisotopic (exact) mass is 419 g/mol. The minimum absolute atomic E-state index is 0.200. The molecule has 5 rings (SSSR count). The van der Waals surface area contributed by atoms with E-state index in [0.29, 0.717) is 17.7 Å². The molecule has 1 aliphatic heterocycles. The van der Waals surface area contributed by atoms with Crippen molar-refractivity contribution in [1.82, 2.24) is 5.16 Å². The molecule has 1 unspecified atom stereocenters. The van der Waals surface area contributed by atoms with E-state index in [9.17, 15) is 9.90 Å². The molecule has 1 aromatic heterocycles. The Labute approximate surface area is 181 Å². The van der Waals surface area contributed by atoms with Crippen molar-refractivity contribution in [2.45, 2.75) is 30.9 Å². The van der Waals surface area contributed by atoms with Crippen molar-refractivity contribution in [1.29, 1.82) is 0 Å². The van der Waals surface area contributed by atoms with Gasteiger partial charge in [0.25, 0.3) is 0 Å². The largest absolute Gasteiger partial charge is 0.457 e. The Morgan fingerprint density at radius 2 is 1.84 bits per heavy atom. The molecule has 2 aromatic carbocycles. The number of hydrogen-bond acceptors (Lipinski definition) is 5. The van der Waals surface area contributed by atoms with E-state index in [4.69, 9.17) is 9.26 Å². The molecule has 0 saturated carbocycles. The Balaban J connectivity index is 1.33. The maximum Gasteiger partial charge on any atom is 0.347 e. The van der Waals surface area contributed by atoms with Gasteiger partial charge in [0.15, 0.2) is 0 Å². The number of aromatic nitrogens is 1.